The summed E-state index contributed by atoms with van der Waals surface area (Å²) in [5.41, 5.74) is 0. The van der Waals surface area contributed by atoms with Crippen LogP contribution in [0, 0.1) is 0 Å². The van der Waals surface area contributed by atoms with Crippen molar-refractivity contribution in [1.29, 1.82) is 0 Å². The van der Waals surface area contributed by atoms with Crippen molar-refractivity contribution in [3.63, 3.8) is 0 Å². The molecule has 0 aliphatic rings. The summed E-state index contributed by atoms with van der Waals surface area (Å²) >= 11 is 0. The molecule has 3 heteroatoms. The van der Waals surface area contributed by atoms with Crippen LogP contribution in [0.15, 0.2) is 0 Å². The number of nitrogens with zero attached hydrogens (tertiary/aromatic N) is 1. The Balaban J connectivity index is 2.63. The van der Waals surface area contributed by atoms with Gasteiger partial charge in [0.25, 0.3) is 0 Å². The van der Waals surface area contributed by atoms with Gasteiger partial charge in [0, 0.05) is 7.05 Å². The Labute approximate surface area is 38.1 Å². The molecule has 0 saturated carbocycles. The SMILES string of the molecule is CNCN(C)N. The fourth-order valence-corrected chi connectivity index (χ4v) is 0.249. The second-order valence-electron chi connectivity index (χ2n) is 1.27. The maximum atomic E-state index is 5.17. The molecule has 0 amide bonds. The first-order chi connectivity index (χ1) is 2.77. The van der Waals surface area contributed by atoms with Gasteiger partial charge in [0.2, 0.25) is 0 Å². The number of hydrazine groups is 1. The fraction of sp³-hybridized carbons (Fsp3) is 1.00. The minimum atomic E-state index is 0.736. The predicted octanol–water partition coefficient (Wildman–Crippen LogP) is -1.03. The Morgan fingerprint density at radius 3 is 2.33 bits per heavy atom. The van der Waals surface area contributed by atoms with Gasteiger partial charge in [-0.2, -0.15) is 0 Å². The third kappa shape index (κ3) is 3.88. The summed E-state index contributed by atoms with van der Waals surface area (Å²) in [7, 11) is 3.65. The summed E-state index contributed by atoms with van der Waals surface area (Å²) in [5.74, 6) is 5.17. The fourth-order valence-electron chi connectivity index (χ4n) is 0.249. The van der Waals surface area contributed by atoms with E-state index in [4.69, 9.17) is 5.84 Å². The quantitative estimate of drug-likeness (QED) is 0.258. The predicted molar refractivity (Wildman–Crippen MR) is 25.9 cm³/mol. The van der Waals surface area contributed by atoms with Crippen molar-refractivity contribution >= 4 is 0 Å². The lowest BCUT2D eigenvalue weighted by Crippen LogP contribution is -2.33. The molecule has 0 rings (SSSR count). The summed E-state index contributed by atoms with van der Waals surface area (Å²) in [5, 5.41) is 4.44. The van der Waals surface area contributed by atoms with Crippen LogP contribution in [0.1, 0.15) is 0 Å². The lowest BCUT2D eigenvalue weighted by molar-refractivity contribution is 0.330. The summed E-state index contributed by atoms with van der Waals surface area (Å²) in [6.45, 7) is 0.736. The molecular weight excluding hydrogens is 78.1 g/mol. The Kier molecular flexibility index (Phi) is 3.02. The van der Waals surface area contributed by atoms with Gasteiger partial charge in [-0.25, -0.2) is 5.01 Å². The van der Waals surface area contributed by atoms with Crippen LogP contribution in [0.4, 0.5) is 0 Å². The van der Waals surface area contributed by atoms with Crippen LogP contribution < -0.4 is 11.2 Å². The van der Waals surface area contributed by atoms with Crippen LogP contribution >= 0.6 is 0 Å². The average molecular weight is 89.1 g/mol. The van der Waals surface area contributed by atoms with Gasteiger partial charge in [-0.1, -0.05) is 0 Å². The number of hydrogen-bond acceptors (Lipinski definition) is 3. The number of nitrogens with one attached hydrogen (secondary N) is 1. The summed E-state index contributed by atoms with van der Waals surface area (Å²) in [6, 6.07) is 0. The molecule has 0 aromatic carbocycles. The third-order valence-electron chi connectivity index (χ3n) is 0.408. The highest BCUT2D eigenvalue weighted by Crippen LogP contribution is 1.53. The van der Waals surface area contributed by atoms with Crippen molar-refractivity contribution in [3.8, 4) is 0 Å². The molecule has 0 fully saturated rings. The molecule has 38 valence electrons. The van der Waals surface area contributed by atoms with E-state index in [1.807, 2.05) is 7.05 Å². The number of rotatable bonds is 2. The van der Waals surface area contributed by atoms with E-state index < -0.39 is 0 Å². The molecule has 0 bridgehead atoms. The smallest absolute Gasteiger partial charge is 0.0612 e. The first-order valence-electron chi connectivity index (χ1n) is 1.88. The molecule has 0 spiro atoms. The summed E-state index contributed by atoms with van der Waals surface area (Å²) in [6.07, 6.45) is 0. The Morgan fingerprint density at radius 2 is 2.33 bits per heavy atom. The van der Waals surface area contributed by atoms with E-state index in [0.717, 1.165) is 6.67 Å². The van der Waals surface area contributed by atoms with Gasteiger partial charge >= 0.3 is 0 Å². The molecule has 3 N–H and O–H groups in total. The van der Waals surface area contributed by atoms with Gasteiger partial charge in [-0.3, -0.25) is 5.84 Å². The van der Waals surface area contributed by atoms with Crippen molar-refractivity contribution in [1.82, 2.24) is 10.3 Å². The second-order valence-corrected chi connectivity index (χ2v) is 1.27. The van der Waals surface area contributed by atoms with Crippen molar-refractivity contribution in [2.24, 2.45) is 5.84 Å². The van der Waals surface area contributed by atoms with E-state index in [1.165, 1.54) is 0 Å². The molecule has 0 aliphatic heterocycles. The largest absolute Gasteiger partial charge is 0.306 e. The highest BCUT2D eigenvalue weighted by Gasteiger charge is 1.77. The van der Waals surface area contributed by atoms with Crippen LogP contribution in [-0.4, -0.2) is 25.8 Å². The molecule has 0 radical (unpaired) electrons. The Hall–Kier alpha value is -0.120. The third-order valence-corrected chi connectivity index (χ3v) is 0.408. The van der Waals surface area contributed by atoms with Crippen LogP contribution in [0.5, 0.6) is 0 Å². The van der Waals surface area contributed by atoms with E-state index in [0.29, 0.717) is 0 Å². The standard InChI is InChI=1S/C3H11N3/c1-5-3-6(2)4/h5H,3-4H2,1-2H3. The van der Waals surface area contributed by atoms with Crippen LogP contribution in [0.25, 0.3) is 0 Å². The molecule has 0 aromatic rings. The van der Waals surface area contributed by atoms with E-state index >= 15 is 0 Å². The zero-order chi connectivity index (χ0) is 4.99. The second kappa shape index (κ2) is 3.08. The molecular formula is C3H11N3. The van der Waals surface area contributed by atoms with Gasteiger partial charge in [0.05, 0.1) is 6.67 Å². The number of hydrogen-bond donors (Lipinski definition) is 2. The van der Waals surface area contributed by atoms with Crippen LogP contribution in [0.2, 0.25) is 0 Å². The summed E-state index contributed by atoms with van der Waals surface area (Å²) < 4.78 is 0. The first kappa shape index (κ1) is 5.88. The normalized spacial score (nSPS) is 10.0. The van der Waals surface area contributed by atoms with Gasteiger partial charge in [-0.15, -0.1) is 0 Å². The number of nitrogens with two attached hydrogens (primary N) is 1. The molecule has 3 nitrogen and oxygen atoms in total. The maximum absolute atomic E-state index is 5.17. The average Bonchev–Trinajstić information content (AvgIpc) is 1.35. The van der Waals surface area contributed by atoms with Gasteiger partial charge in [0.1, 0.15) is 0 Å². The minimum Gasteiger partial charge on any atom is -0.306 e. The van der Waals surface area contributed by atoms with Crippen molar-refractivity contribution < 1.29 is 0 Å². The molecule has 0 unspecified atom stereocenters. The molecule has 6 heavy (non-hydrogen) atoms. The van der Waals surface area contributed by atoms with Gasteiger partial charge in [-0.05, 0) is 7.05 Å². The van der Waals surface area contributed by atoms with E-state index in [2.05, 4.69) is 5.32 Å². The van der Waals surface area contributed by atoms with Crippen molar-refractivity contribution in [3.05, 3.63) is 0 Å². The first-order valence-corrected chi connectivity index (χ1v) is 1.88. The zero-order valence-corrected chi connectivity index (χ0v) is 4.23. The molecule has 0 aromatic heterocycles. The van der Waals surface area contributed by atoms with E-state index in [1.54, 1.807) is 12.1 Å². The monoisotopic (exact) mass is 89.1 g/mol. The van der Waals surface area contributed by atoms with E-state index in [9.17, 15) is 0 Å². The Morgan fingerprint density at radius 1 is 1.83 bits per heavy atom. The van der Waals surface area contributed by atoms with Gasteiger partial charge < -0.3 is 5.32 Å². The molecule has 0 saturated heterocycles. The van der Waals surface area contributed by atoms with Gasteiger partial charge in [0.15, 0.2) is 0 Å². The van der Waals surface area contributed by atoms with Crippen molar-refractivity contribution in [2.45, 2.75) is 0 Å². The maximum Gasteiger partial charge on any atom is 0.0612 e. The molecule has 0 aliphatic carbocycles. The lowest BCUT2D eigenvalue weighted by atomic mass is 11.0. The van der Waals surface area contributed by atoms with Crippen molar-refractivity contribution in [2.75, 3.05) is 20.8 Å². The minimum absolute atomic E-state index is 0.736. The highest BCUT2D eigenvalue weighted by molar-refractivity contribution is 4.26. The lowest BCUT2D eigenvalue weighted by Gasteiger charge is -2.05. The summed E-state index contributed by atoms with van der Waals surface area (Å²) in [4.78, 5) is 0. The Bertz CT molecular complexity index is 27.2. The zero-order valence-electron chi connectivity index (χ0n) is 4.23. The van der Waals surface area contributed by atoms with Crippen LogP contribution in [-0.2, 0) is 0 Å². The molecule has 0 heterocycles. The molecule has 0 atom stereocenters. The highest BCUT2D eigenvalue weighted by atomic mass is 15.4. The van der Waals surface area contributed by atoms with E-state index in [-0.39, 0.29) is 0 Å². The van der Waals surface area contributed by atoms with Crippen LogP contribution in [0.3, 0.4) is 0 Å². The topological polar surface area (TPSA) is 41.3 Å².